The molecule has 0 radical (unpaired) electrons. The fraction of sp³-hybridized carbons (Fsp3) is 0.578. The predicted octanol–water partition coefficient (Wildman–Crippen LogP) is 12.4. The van der Waals surface area contributed by atoms with Crippen LogP contribution in [0.25, 0.3) is 0 Å². The van der Waals surface area contributed by atoms with Crippen LogP contribution < -0.4 is 5.73 Å². The monoisotopic (exact) mass is 772 g/mol. The molecule has 2 atom stereocenters. The molecule has 0 fully saturated rings. The van der Waals surface area contributed by atoms with E-state index in [0.29, 0.717) is 12.8 Å². The maximum absolute atomic E-state index is 12.5. The average Bonchev–Trinajstić information content (AvgIpc) is 3.16. The highest BCUT2D eigenvalue weighted by Crippen LogP contribution is 2.43. The number of rotatable bonds is 37. The van der Waals surface area contributed by atoms with Gasteiger partial charge in [0, 0.05) is 13.0 Å². The van der Waals surface area contributed by atoms with Gasteiger partial charge in [0.05, 0.1) is 19.5 Å². The molecule has 0 rings (SSSR count). The van der Waals surface area contributed by atoms with E-state index in [1.54, 1.807) is 0 Å². The van der Waals surface area contributed by atoms with Gasteiger partial charge in [-0.1, -0.05) is 156 Å². The van der Waals surface area contributed by atoms with Crippen LogP contribution in [0.1, 0.15) is 136 Å². The summed E-state index contributed by atoms with van der Waals surface area (Å²) in [5.41, 5.74) is 5.35. The molecule has 0 heterocycles. The number of nitrogens with two attached hydrogens (primary N) is 1. The Labute approximate surface area is 329 Å². The fourth-order valence-corrected chi connectivity index (χ4v) is 5.60. The lowest BCUT2D eigenvalue weighted by molar-refractivity contribution is -0.153. The molecule has 0 aliphatic heterocycles. The maximum atomic E-state index is 12.5. The lowest BCUT2D eigenvalue weighted by Gasteiger charge is -2.19. The lowest BCUT2D eigenvalue weighted by atomic mass is 10.1. The minimum atomic E-state index is -4.33. The van der Waals surface area contributed by atoms with E-state index in [4.69, 9.17) is 24.3 Å². The van der Waals surface area contributed by atoms with Gasteiger partial charge >= 0.3 is 13.8 Å². The molecule has 0 amide bonds. The molecule has 0 spiro atoms. The molecule has 54 heavy (non-hydrogen) atoms. The predicted molar refractivity (Wildman–Crippen MR) is 228 cm³/mol. The van der Waals surface area contributed by atoms with E-state index in [1.165, 1.54) is 57.6 Å². The number of hydrogen-bond acceptors (Lipinski definition) is 7. The number of ether oxygens (including phenoxy) is 2. The number of phosphoric acid groups is 1. The Bertz CT molecular complexity index is 1180. The number of esters is 1. The smallest absolute Gasteiger partial charge is 0.472 e. The maximum Gasteiger partial charge on any atom is 0.472 e. The summed E-state index contributed by atoms with van der Waals surface area (Å²) in [6.07, 6.45) is 56.5. The zero-order valence-electron chi connectivity index (χ0n) is 33.7. The van der Waals surface area contributed by atoms with Crippen molar-refractivity contribution < 1.29 is 32.8 Å². The van der Waals surface area contributed by atoms with Gasteiger partial charge in [-0.15, -0.1) is 0 Å². The molecular weight excluding hydrogens is 697 g/mol. The summed E-state index contributed by atoms with van der Waals surface area (Å²) in [5, 5.41) is 0. The van der Waals surface area contributed by atoms with Crippen molar-refractivity contribution in [1.82, 2.24) is 0 Å². The zero-order chi connectivity index (χ0) is 39.5. The first-order chi connectivity index (χ1) is 26.4. The number of phosphoric ester groups is 1. The van der Waals surface area contributed by atoms with Crippen LogP contribution in [0, 0.1) is 0 Å². The normalized spacial score (nSPS) is 14.6. The molecule has 0 aromatic carbocycles. The lowest BCUT2D eigenvalue weighted by Crippen LogP contribution is -2.27. The van der Waals surface area contributed by atoms with Gasteiger partial charge in [-0.05, 0) is 76.7 Å². The van der Waals surface area contributed by atoms with Crippen molar-refractivity contribution in [3.8, 4) is 0 Å². The molecule has 3 N–H and O–H groups in total. The summed E-state index contributed by atoms with van der Waals surface area (Å²) in [6, 6.07) is 0. The zero-order valence-corrected chi connectivity index (χ0v) is 34.5. The third-order valence-corrected chi connectivity index (χ3v) is 8.77. The number of allylic oxidation sites excluding steroid dienone is 17. The van der Waals surface area contributed by atoms with E-state index < -0.39 is 19.9 Å². The Morgan fingerprint density at radius 1 is 0.593 bits per heavy atom. The van der Waals surface area contributed by atoms with Gasteiger partial charge in [-0.2, -0.15) is 0 Å². The first-order valence-electron chi connectivity index (χ1n) is 20.4. The second-order valence-corrected chi connectivity index (χ2v) is 14.3. The topological polar surface area (TPSA) is 117 Å². The van der Waals surface area contributed by atoms with Crippen LogP contribution in [0.15, 0.2) is 110 Å². The minimum Gasteiger partial charge on any atom is -0.498 e. The number of carbonyl (C=O) groups is 1. The summed E-state index contributed by atoms with van der Waals surface area (Å²) < 4.78 is 32.9. The van der Waals surface area contributed by atoms with Crippen LogP contribution in [0.2, 0.25) is 0 Å². The van der Waals surface area contributed by atoms with Crippen molar-refractivity contribution in [2.75, 3.05) is 26.4 Å². The van der Waals surface area contributed by atoms with Crippen molar-refractivity contribution in [3.05, 3.63) is 110 Å². The molecule has 0 aromatic rings. The van der Waals surface area contributed by atoms with Crippen molar-refractivity contribution in [3.63, 3.8) is 0 Å². The molecule has 0 bridgehead atoms. The molecule has 0 aliphatic carbocycles. The van der Waals surface area contributed by atoms with E-state index in [9.17, 15) is 14.3 Å². The van der Waals surface area contributed by atoms with Crippen LogP contribution in [-0.2, 0) is 27.9 Å². The van der Waals surface area contributed by atoms with Gasteiger partial charge in [-0.3, -0.25) is 13.8 Å². The van der Waals surface area contributed by atoms with E-state index in [-0.39, 0.29) is 32.8 Å². The highest BCUT2D eigenvalue weighted by Gasteiger charge is 2.25. The minimum absolute atomic E-state index is 0.0375. The highest BCUT2D eigenvalue weighted by atomic mass is 31.2. The number of carbonyl (C=O) groups excluding carboxylic acids is 1. The van der Waals surface area contributed by atoms with Gasteiger partial charge in [0.15, 0.2) is 6.10 Å². The van der Waals surface area contributed by atoms with Gasteiger partial charge in [0.1, 0.15) is 6.61 Å². The second kappa shape index (κ2) is 41.2. The molecule has 8 nitrogen and oxygen atoms in total. The molecule has 2 unspecified atom stereocenters. The van der Waals surface area contributed by atoms with E-state index >= 15 is 0 Å². The Kier molecular flexibility index (Phi) is 38.9. The summed E-state index contributed by atoms with van der Waals surface area (Å²) >= 11 is 0. The molecule has 306 valence electrons. The Balaban J connectivity index is 4.36. The van der Waals surface area contributed by atoms with Crippen LogP contribution in [0.4, 0.5) is 0 Å². The average molecular weight is 772 g/mol. The van der Waals surface area contributed by atoms with E-state index in [0.717, 1.165) is 51.4 Å². The van der Waals surface area contributed by atoms with Gasteiger partial charge in [-0.25, -0.2) is 4.57 Å². The SMILES string of the molecule is CCC=CCC=CCC=CCC=CCC=CCC=CCCC(=O)OC(COC=CCC=CCC=CCCCCCCCCCC)COP(=O)(O)OCCN. The summed E-state index contributed by atoms with van der Waals surface area (Å²) in [6.45, 7) is 3.94. The van der Waals surface area contributed by atoms with Gasteiger partial charge in [0.25, 0.3) is 0 Å². The van der Waals surface area contributed by atoms with Crippen LogP contribution in [0.3, 0.4) is 0 Å². The van der Waals surface area contributed by atoms with Crippen molar-refractivity contribution >= 4 is 13.8 Å². The first kappa shape index (κ1) is 51.0. The summed E-state index contributed by atoms with van der Waals surface area (Å²) in [4.78, 5) is 22.4. The number of hydrogen-bond donors (Lipinski definition) is 2. The molecule has 9 heteroatoms. The molecule has 0 saturated heterocycles. The van der Waals surface area contributed by atoms with E-state index in [1.807, 2.05) is 18.2 Å². The third kappa shape index (κ3) is 40.2. The summed E-state index contributed by atoms with van der Waals surface area (Å²) in [7, 11) is -4.33. The Morgan fingerprint density at radius 2 is 1.06 bits per heavy atom. The largest absolute Gasteiger partial charge is 0.498 e. The van der Waals surface area contributed by atoms with Crippen LogP contribution in [-0.4, -0.2) is 43.3 Å². The van der Waals surface area contributed by atoms with Gasteiger partial charge < -0.3 is 20.1 Å². The standard InChI is InChI=1S/C45H74NO7P/c1-3-5-7-9-11-13-15-17-19-21-22-23-24-26-28-30-32-34-36-38-45(47)53-44(43-52-54(48,49)51-41-39-46)42-50-40-37-35-33-31-29-27-25-20-18-16-14-12-10-8-6-4-2/h5,7,11,13,17,19,22-23,25-28,31-34,37,40,44H,3-4,6,8-10,12,14-16,18,20-21,24,29-30,35-36,38-39,41-43,46H2,1-2H3,(H,48,49). The quantitative estimate of drug-likeness (QED) is 0.0211. The van der Waals surface area contributed by atoms with Crippen molar-refractivity contribution in [2.24, 2.45) is 5.73 Å². The Morgan fingerprint density at radius 3 is 1.57 bits per heavy atom. The van der Waals surface area contributed by atoms with E-state index in [2.05, 4.69) is 98.9 Å². The van der Waals surface area contributed by atoms with Crippen LogP contribution >= 0.6 is 7.82 Å². The molecule has 0 aliphatic rings. The first-order valence-corrected chi connectivity index (χ1v) is 21.9. The third-order valence-electron chi connectivity index (χ3n) is 7.78. The fourth-order valence-electron chi connectivity index (χ4n) is 4.83. The molecular formula is C45H74NO7P. The van der Waals surface area contributed by atoms with Crippen LogP contribution in [0.5, 0.6) is 0 Å². The Hall–Kier alpha value is -3.00. The highest BCUT2D eigenvalue weighted by molar-refractivity contribution is 7.47. The van der Waals surface area contributed by atoms with Gasteiger partial charge in [0.2, 0.25) is 0 Å². The second-order valence-electron chi connectivity index (χ2n) is 12.8. The molecule has 0 aromatic heterocycles. The summed E-state index contributed by atoms with van der Waals surface area (Å²) in [5.74, 6) is -0.454. The molecule has 0 saturated carbocycles. The van der Waals surface area contributed by atoms with Crippen molar-refractivity contribution in [2.45, 2.75) is 142 Å². The number of unbranched alkanes of at least 4 members (excludes halogenated alkanes) is 8. The van der Waals surface area contributed by atoms with Crippen molar-refractivity contribution in [1.29, 1.82) is 0 Å².